The van der Waals surface area contributed by atoms with Crippen LogP contribution in [0.3, 0.4) is 0 Å². The Morgan fingerprint density at radius 1 is 1.08 bits per heavy atom. The molecule has 0 radical (unpaired) electrons. The third-order valence-corrected chi connectivity index (χ3v) is 6.39. The first-order chi connectivity index (χ1) is 17.0. The summed E-state index contributed by atoms with van der Waals surface area (Å²) in [6.07, 6.45) is 1.31. The van der Waals surface area contributed by atoms with Gasteiger partial charge in [0.25, 0.3) is 0 Å². The van der Waals surface area contributed by atoms with Gasteiger partial charge in [-0.1, -0.05) is 41.9 Å². The minimum atomic E-state index is -0.242. The van der Waals surface area contributed by atoms with Gasteiger partial charge in [-0.3, -0.25) is 9.69 Å². The van der Waals surface area contributed by atoms with Crippen LogP contribution in [0.1, 0.15) is 29.3 Å². The number of halogens is 2. The van der Waals surface area contributed by atoms with E-state index < -0.39 is 0 Å². The van der Waals surface area contributed by atoms with E-state index in [-0.39, 0.29) is 30.0 Å². The highest BCUT2D eigenvalue weighted by molar-refractivity contribution is 6.33. The molecule has 2 heterocycles. The Hall–Kier alpha value is -3.32. The smallest absolute Gasteiger partial charge is 0.199 e. The van der Waals surface area contributed by atoms with Gasteiger partial charge in [0, 0.05) is 29.8 Å². The lowest BCUT2D eigenvalue weighted by Gasteiger charge is -2.38. The molecule has 3 aromatic carbocycles. The molecule has 0 unspecified atom stereocenters. The summed E-state index contributed by atoms with van der Waals surface area (Å²) in [5.74, 6) is 0.926. The van der Waals surface area contributed by atoms with Crippen LogP contribution in [-0.2, 0) is 0 Å². The number of likely N-dealkylation sites (tertiary alicyclic amines) is 1. The number of phenols is 1. The molecule has 0 saturated carbocycles. The second kappa shape index (κ2) is 11.2. The van der Waals surface area contributed by atoms with Crippen LogP contribution < -0.4 is 4.74 Å². The van der Waals surface area contributed by atoms with Crippen LogP contribution in [0, 0.1) is 0 Å². The maximum Gasteiger partial charge on any atom is 0.199 e. The SMILES string of the molecule is CCCN1CC(Oc2ccc(C(=O)c3c(-c4ccccc4Cl)noc3-c3ccc(O)cc3)cc2)C1.Cl. The molecular weight excluding hydrogens is 499 g/mol. The van der Waals surface area contributed by atoms with E-state index >= 15 is 0 Å². The quantitative estimate of drug-likeness (QED) is 0.265. The fourth-order valence-electron chi connectivity index (χ4n) is 4.27. The summed E-state index contributed by atoms with van der Waals surface area (Å²) in [5, 5.41) is 14.4. The van der Waals surface area contributed by atoms with E-state index in [4.69, 9.17) is 20.9 Å². The Kier molecular flexibility index (Phi) is 7.99. The monoisotopic (exact) mass is 524 g/mol. The first kappa shape index (κ1) is 25.8. The number of ketones is 1. The number of rotatable bonds is 8. The summed E-state index contributed by atoms with van der Waals surface area (Å²) >= 11 is 6.43. The molecule has 4 aromatic rings. The zero-order valence-corrected chi connectivity index (χ0v) is 21.3. The molecule has 0 bridgehead atoms. The van der Waals surface area contributed by atoms with Crippen LogP contribution in [0.25, 0.3) is 22.6 Å². The van der Waals surface area contributed by atoms with Gasteiger partial charge in [-0.2, -0.15) is 0 Å². The van der Waals surface area contributed by atoms with Crippen molar-refractivity contribution in [3.63, 3.8) is 0 Å². The summed E-state index contributed by atoms with van der Waals surface area (Å²) in [5.41, 5.74) is 2.39. The van der Waals surface area contributed by atoms with Crippen molar-refractivity contribution in [2.45, 2.75) is 19.4 Å². The van der Waals surface area contributed by atoms with Gasteiger partial charge >= 0.3 is 0 Å². The van der Waals surface area contributed by atoms with Crippen LogP contribution in [0.15, 0.2) is 77.3 Å². The van der Waals surface area contributed by atoms with Crippen molar-refractivity contribution in [3.05, 3.63) is 88.9 Å². The number of aromatic nitrogens is 1. The second-order valence-corrected chi connectivity index (χ2v) is 9.02. The number of benzene rings is 3. The summed E-state index contributed by atoms with van der Waals surface area (Å²) < 4.78 is 11.7. The first-order valence-electron chi connectivity index (χ1n) is 11.6. The van der Waals surface area contributed by atoms with Crippen LogP contribution in [0.5, 0.6) is 11.5 Å². The van der Waals surface area contributed by atoms with Gasteiger partial charge in [-0.05, 0) is 67.6 Å². The minimum Gasteiger partial charge on any atom is -0.508 e. The van der Waals surface area contributed by atoms with E-state index in [1.54, 1.807) is 36.4 Å². The van der Waals surface area contributed by atoms with Crippen molar-refractivity contribution in [3.8, 4) is 34.1 Å². The minimum absolute atomic E-state index is 0. The largest absolute Gasteiger partial charge is 0.508 e. The second-order valence-electron chi connectivity index (χ2n) is 8.61. The standard InChI is InChI=1S/C28H25ClN2O4.ClH/c1-2-15-31-16-22(17-31)34-21-13-9-18(10-14-21)27(33)25-26(23-5-3-4-6-24(23)29)30-35-28(25)19-7-11-20(32)12-8-19;/h3-14,22,32H,2,15-17H2,1H3;1H. The van der Waals surface area contributed by atoms with Crippen LogP contribution in [0.2, 0.25) is 5.02 Å². The molecule has 1 aliphatic heterocycles. The van der Waals surface area contributed by atoms with Crippen molar-refractivity contribution >= 4 is 29.8 Å². The Bertz CT molecular complexity index is 1330. The third kappa shape index (κ3) is 5.26. The first-order valence-corrected chi connectivity index (χ1v) is 12.0. The molecule has 1 aliphatic rings. The predicted octanol–water partition coefficient (Wildman–Crippen LogP) is 6.49. The fourth-order valence-corrected chi connectivity index (χ4v) is 4.49. The average molecular weight is 525 g/mol. The van der Waals surface area contributed by atoms with Crippen molar-refractivity contribution in [2.75, 3.05) is 19.6 Å². The molecule has 8 heteroatoms. The Morgan fingerprint density at radius 3 is 2.44 bits per heavy atom. The Morgan fingerprint density at radius 2 is 1.78 bits per heavy atom. The highest BCUT2D eigenvalue weighted by Gasteiger charge is 2.29. The number of nitrogens with zero attached hydrogens (tertiary/aromatic N) is 2. The van der Waals surface area contributed by atoms with Gasteiger partial charge in [0.1, 0.15) is 23.3 Å². The van der Waals surface area contributed by atoms with Crippen molar-refractivity contribution in [1.29, 1.82) is 0 Å². The molecular formula is C28H26Cl2N2O4. The van der Waals surface area contributed by atoms with Crippen molar-refractivity contribution < 1.29 is 19.2 Å². The topological polar surface area (TPSA) is 75.8 Å². The maximum absolute atomic E-state index is 13.7. The number of hydrogen-bond acceptors (Lipinski definition) is 6. The highest BCUT2D eigenvalue weighted by Crippen LogP contribution is 2.37. The van der Waals surface area contributed by atoms with E-state index in [0.29, 0.717) is 38.7 Å². The highest BCUT2D eigenvalue weighted by atomic mass is 35.5. The molecule has 186 valence electrons. The molecule has 1 aromatic heterocycles. The Labute approximate surface area is 220 Å². The van der Waals surface area contributed by atoms with Gasteiger partial charge in [0.05, 0.1) is 10.6 Å². The van der Waals surface area contributed by atoms with E-state index in [2.05, 4.69) is 17.0 Å². The zero-order valence-electron chi connectivity index (χ0n) is 19.7. The van der Waals surface area contributed by atoms with Gasteiger partial charge in [-0.15, -0.1) is 12.4 Å². The van der Waals surface area contributed by atoms with Gasteiger partial charge in [0.15, 0.2) is 11.5 Å². The average Bonchev–Trinajstić information content (AvgIpc) is 3.28. The number of phenolic OH excluding ortho intramolecular Hbond substituents is 1. The van der Waals surface area contributed by atoms with Crippen molar-refractivity contribution in [1.82, 2.24) is 10.1 Å². The number of hydrogen-bond donors (Lipinski definition) is 1. The number of aromatic hydroxyl groups is 1. The molecule has 1 fully saturated rings. The Balaban J connectivity index is 0.00000304. The van der Waals surface area contributed by atoms with Gasteiger partial charge in [-0.25, -0.2) is 0 Å². The third-order valence-electron chi connectivity index (χ3n) is 6.06. The van der Waals surface area contributed by atoms with E-state index in [1.807, 2.05) is 24.3 Å². The number of carbonyl (C=O) groups excluding carboxylic acids is 1. The van der Waals surface area contributed by atoms with Gasteiger partial charge in [0.2, 0.25) is 0 Å². The summed E-state index contributed by atoms with van der Waals surface area (Å²) in [4.78, 5) is 16.1. The molecule has 0 aliphatic carbocycles. The van der Waals surface area contributed by atoms with Crippen LogP contribution >= 0.6 is 24.0 Å². The summed E-state index contributed by atoms with van der Waals surface area (Å²) in [6.45, 7) is 5.10. The molecule has 5 rings (SSSR count). The molecule has 36 heavy (non-hydrogen) atoms. The lowest BCUT2D eigenvalue weighted by Crippen LogP contribution is -2.53. The normalized spacial score (nSPS) is 13.6. The fraction of sp³-hybridized carbons (Fsp3) is 0.214. The number of ether oxygens (including phenoxy) is 1. The lowest BCUT2D eigenvalue weighted by atomic mass is 9.95. The van der Waals surface area contributed by atoms with E-state index in [0.717, 1.165) is 31.8 Å². The maximum atomic E-state index is 13.7. The molecule has 6 nitrogen and oxygen atoms in total. The predicted molar refractivity (Wildman–Crippen MR) is 142 cm³/mol. The lowest BCUT2D eigenvalue weighted by molar-refractivity contribution is 0.0202. The van der Waals surface area contributed by atoms with E-state index in [1.165, 1.54) is 12.1 Å². The molecule has 0 amide bonds. The van der Waals surface area contributed by atoms with Crippen LogP contribution in [0.4, 0.5) is 0 Å². The van der Waals surface area contributed by atoms with Gasteiger partial charge < -0.3 is 14.4 Å². The van der Waals surface area contributed by atoms with Crippen molar-refractivity contribution in [2.24, 2.45) is 0 Å². The molecule has 1 saturated heterocycles. The molecule has 0 atom stereocenters. The number of carbonyl (C=O) groups is 1. The zero-order chi connectivity index (χ0) is 24.4. The molecule has 1 N–H and O–H groups in total. The van der Waals surface area contributed by atoms with E-state index in [9.17, 15) is 9.90 Å². The van der Waals surface area contributed by atoms with Crippen LogP contribution in [-0.4, -0.2) is 46.7 Å². The molecule has 0 spiro atoms. The summed E-state index contributed by atoms with van der Waals surface area (Å²) in [7, 11) is 0. The summed E-state index contributed by atoms with van der Waals surface area (Å²) in [6, 6.07) is 20.8.